The number of guanidine groups is 1. The fourth-order valence-corrected chi connectivity index (χ4v) is 3.58. The second-order valence-electron chi connectivity index (χ2n) is 8.86. The van der Waals surface area contributed by atoms with Crippen LogP contribution in [0.15, 0.2) is 11.3 Å². The van der Waals surface area contributed by atoms with Gasteiger partial charge < -0.3 is 24.7 Å². The number of carbonyl (C=O) groups is 1. The van der Waals surface area contributed by atoms with E-state index in [0.29, 0.717) is 19.0 Å². The average molecular weight is 424 g/mol. The standard InChI is InChI=1S/C20H37N7O3/c1-9-16-25-24-13-26(16)11-10-22-17(21-8)23-12-15-14(2)29-20(6,7)27(15)18(28)30-19(3,4)5/h13-15H,9-12H2,1-8H3,(H2,21,22,23). The number of amides is 1. The van der Waals surface area contributed by atoms with Gasteiger partial charge in [0.2, 0.25) is 0 Å². The van der Waals surface area contributed by atoms with Crippen molar-refractivity contribution < 1.29 is 14.3 Å². The van der Waals surface area contributed by atoms with Gasteiger partial charge in [0, 0.05) is 33.1 Å². The molecule has 1 amide bonds. The summed E-state index contributed by atoms with van der Waals surface area (Å²) in [5.41, 5.74) is -1.33. The van der Waals surface area contributed by atoms with Crippen LogP contribution in [0.1, 0.15) is 54.3 Å². The fourth-order valence-electron chi connectivity index (χ4n) is 3.58. The predicted octanol–water partition coefficient (Wildman–Crippen LogP) is 1.77. The molecule has 0 aliphatic carbocycles. The quantitative estimate of drug-likeness (QED) is 0.530. The van der Waals surface area contributed by atoms with Crippen molar-refractivity contribution in [3.05, 3.63) is 12.2 Å². The van der Waals surface area contributed by atoms with Crippen molar-refractivity contribution in [1.29, 1.82) is 0 Å². The molecule has 1 aromatic heterocycles. The number of carbonyl (C=O) groups excluding carboxylic acids is 1. The van der Waals surface area contributed by atoms with E-state index < -0.39 is 11.3 Å². The first-order valence-corrected chi connectivity index (χ1v) is 10.5. The number of ether oxygens (including phenoxy) is 2. The third-order valence-corrected chi connectivity index (χ3v) is 4.88. The summed E-state index contributed by atoms with van der Waals surface area (Å²) in [4.78, 5) is 18.8. The van der Waals surface area contributed by atoms with Crippen LogP contribution in [0.4, 0.5) is 4.79 Å². The van der Waals surface area contributed by atoms with Crippen LogP contribution >= 0.6 is 0 Å². The normalized spacial score (nSPS) is 21.6. The number of hydrogen-bond acceptors (Lipinski definition) is 6. The minimum absolute atomic E-state index is 0.151. The van der Waals surface area contributed by atoms with Gasteiger partial charge in [0.15, 0.2) is 5.96 Å². The average Bonchev–Trinajstić information content (AvgIpc) is 3.16. The zero-order valence-electron chi connectivity index (χ0n) is 19.5. The molecule has 0 radical (unpaired) electrons. The Morgan fingerprint density at radius 1 is 1.37 bits per heavy atom. The van der Waals surface area contributed by atoms with E-state index in [2.05, 4.69) is 32.7 Å². The molecule has 1 saturated heterocycles. The lowest BCUT2D eigenvalue weighted by Gasteiger charge is -2.35. The maximum absolute atomic E-state index is 12.8. The molecule has 2 unspecified atom stereocenters. The minimum atomic E-state index is -0.754. The summed E-state index contributed by atoms with van der Waals surface area (Å²) < 4.78 is 13.7. The van der Waals surface area contributed by atoms with Gasteiger partial charge in [-0.3, -0.25) is 9.89 Å². The lowest BCUT2D eigenvalue weighted by atomic mass is 10.1. The van der Waals surface area contributed by atoms with E-state index in [4.69, 9.17) is 9.47 Å². The van der Waals surface area contributed by atoms with E-state index >= 15 is 0 Å². The molecule has 10 nitrogen and oxygen atoms in total. The van der Waals surface area contributed by atoms with Gasteiger partial charge in [-0.1, -0.05) is 6.92 Å². The Bertz CT molecular complexity index is 739. The highest BCUT2D eigenvalue weighted by atomic mass is 16.6. The van der Waals surface area contributed by atoms with Crippen LogP contribution in [0, 0.1) is 0 Å². The van der Waals surface area contributed by atoms with Crippen LogP contribution in [0.5, 0.6) is 0 Å². The Morgan fingerprint density at radius 2 is 2.07 bits per heavy atom. The Morgan fingerprint density at radius 3 is 2.67 bits per heavy atom. The minimum Gasteiger partial charge on any atom is -0.444 e. The van der Waals surface area contributed by atoms with Crippen molar-refractivity contribution in [2.75, 3.05) is 20.1 Å². The molecule has 1 fully saturated rings. The zero-order chi connectivity index (χ0) is 22.5. The van der Waals surface area contributed by atoms with Crippen molar-refractivity contribution in [3.8, 4) is 0 Å². The molecular weight excluding hydrogens is 386 g/mol. The summed E-state index contributed by atoms with van der Waals surface area (Å²) in [6.07, 6.45) is 2.03. The van der Waals surface area contributed by atoms with Gasteiger partial charge in [0.1, 0.15) is 23.5 Å². The number of aliphatic imine (C=N–C) groups is 1. The zero-order valence-corrected chi connectivity index (χ0v) is 19.5. The largest absolute Gasteiger partial charge is 0.444 e. The van der Waals surface area contributed by atoms with E-state index in [1.54, 1.807) is 18.3 Å². The highest BCUT2D eigenvalue weighted by Gasteiger charge is 2.49. The second-order valence-corrected chi connectivity index (χ2v) is 8.86. The lowest BCUT2D eigenvalue weighted by Crippen LogP contribution is -2.54. The van der Waals surface area contributed by atoms with Gasteiger partial charge >= 0.3 is 6.09 Å². The van der Waals surface area contributed by atoms with Crippen LogP contribution in [0.3, 0.4) is 0 Å². The molecule has 1 aliphatic rings. The summed E-state index contributed by atoms with van der Waals surface area (Å²) in [7, 11) is 1.72. The topological polar surface area (TPSA) is 106 Å². The molecule has 2 rings (SSSR count). The van der Waals surface area contributed by atoms with Crippen LogP contribution in [-0.2, 0) is 22.4 Å². The van der Waals surface area contributed by atoms with Crippen LogP contribution in [-0.4, -0.2) is 75.3 Å². The summed E-state index contributed by atoms with van der Waals surface area (Å²) in [5, 5.41) is 14.6. The summed E-state index contributed by atoms with van der Waals surface area (Å²) in [6.45, 7) is 15.2. The van der Waals surface area contributed by atoms with Crippen molar-refractivity contribution in [1.82, 2.24) is 30.3 Å². The molecular formula is C20H37N7O3. The molecule has 0 aromatic carbocycles. The number of hydrogen-bond donors (Lipinski definition) is 2. The number of aryl methyl sites for hydroxylation is 1. The Kier molecular flexibility index (Phi) is 7.68. The Balaban J connectivity index is 1.95. The number of aromatic nitrogens is 3. The van der Waals surface area contributed by atoms with E-state index in [1.165, 1.54) is 0 Å². The smallest absolute Gasteiger partial charge is 0.412 e. The molecule has 1 aliphatic heterocycles. The fraction of sp³-hybridized carbons (Fsp3) is 0.800. The van der Waals surface area contributed by atoms with Crippen LogP contribution in [0.25, 0.3) is 0 Å². The molecule has 2 atom stereocenters. The summed E-state index contributed by atoms with van der Waals surface area (Å²) in [5.74, 6) is 1.61. The van der Waals surface area contributed by atoms with Crippen molar-refractivity contribution in [3.63, 3.8) is 0 Å². The Labute approximate surface area is 179 Å². The third-order valence-electron chi connectivity index (χ3n) is 4.88. The van der Waals surface area contributed by atoms with Crippen LogP contribution in [0.2, 0.25) is 0 Å². The number of nitrogens with one attached hydrogen (secondary N) is 2. The first kappa shape index (κ1) is 23.9. The number of nitrogens with zero attached hydrogens (tertiary/aromatic N) is 5. The maximum atomic E-state index is 12.8. The summed E-state index contributed by atoms with van der Waals surface area (Å²) in [6, 6.07) is -0.196. The third kappa shape index (κ3) is 6.07. The summed E-state index contributed by atoms with van der Waals surface area (Å²) >= 11 is 0. The molecule has 2 N–H and O–H groups in total. The molecule has 2 heterocycles. The van der Waals surface area contributed by atoms with Gasteiger partial charge in [-0.05, 0) is 41.5 Å². The van der Waals surface area contributed by atoms with Gasteiger partial charge in [0.05, 0.1) is 12.1 Å². The van der Waals surface area contributed by atoms with Gasteiger partial charge in [-0.15, -0.1) is 10.2 Å². The molecule has 30 heavy (non-hydrogen) atoms. The Hall–Kier alpha value is -2.36. The molecule has 170 valence electrons. The van der Waals surface area contributed by atoms with Crippen molar-refractivity contribution >= 4 is 12.1 Å². The SMILES string of the molecule is CCc1nncn1CCNC(=NC)NCC1C(C)OC(C)(C)N1C(=O)OC(C)(C)C. The van der Waals surface area contributed by atoms with E-state index in [1.807, 2.05) is 46.1 Å². The van der Waals surface area contributed by atoms with Crippen LogP contribution < -0.4 is 10.6 Å². The van der Waals surface area contributed by atoms with E-state index in [9.17, 15) is 4.79 Å². The van der Waals surface area contributed by atoms with Gasteiger partial charge in [-0.2, -0.15) is 0 Å². The van der Waals surface area contributed by atoms with Gasteiger partial charge in [-0.25, -0.2) is 4.79 Å². The molecule has 1 aromatic rings. The highest BCUT2D eigenvalue weighted by molar-refractivity contribution is 5.79. The second kappa shape index (κ2) is 9.63. The molecule has 0 spiro atoms. The number of rotatable bonds is 6. The van der Waals surface area contributed by atoms with Crippen molar-refractivity contribution in [2.45, 2.75) is 84.9 Å². The highest BCUT2D eigenvalue weighted by Crippen LogP contribution is 2.33. The van der Waals surface area contributed by atoms with E-state index in [0.717, 1.165) is 18.8 Å². The lowest BCUT2D eigenvalue weighted by molar-refractivity contribution is -0.0755. The molecule has 0 bridgehead atoms. The monoisotopic (exact) mass is 423 g/mol. The maximum Gasteiger partial charge on any atom is 0.412 e. The predicted molar refractivity (Wildman–Crippen MR) is 115 cm³/mol. The first-order chi connectivity index (χ1) is 14.0. The molecule has 0 saturated carbocycles. The molecule has 10 heteroatoms. The first-order valence-electron chi connectivity index (χ1n) is 10.5. The van der Waals surface area contributed by atoms with E-state index in [-0.39, 0.29) is 18.2 Å². The van der Waals surface area contributed by atoms with Crippen molar-refractivity contribution in [2.24, 2.45) is 4.99 Å². The van der Waals surface area contributed by atoms with Gasteiger partial charge in [0.25, 0.3) is 0 Å².